The fourth-order valence-corrected chi connectivity index (χ4v) is 5.06. The summed E-state index contributed by atoms with van der Waals surface area (Å²) in [4.78, 5) is 34.4. The molecular weight excluding hydrogens is 430 g/mol. The maximum Gasteiger partial charge on any atom is 0.244 e. The number of carbonyl (C=O) groups excluding carboxylic acids is 2. The van der Waals surface area contributed by atoms with Crippen molar-refractivity contribution in [1.82, 2.24) is 24.6 Å². The van der Waals surface area contributed by atoms with Gasteiger partial charge in [0.05, 0.1) is 31.0 Å². The average Bonchev–Trinajstić information content (AvgIpc) is 3.20. The monoisotopic (exact) mass is 461 g/mol. The zero-order chi connectivity index (χ0) is 23.3. The van der Waals surface area contributed by atoms with Gasteiger partial charge in [0, 0.05) is 36.9 Å². The molecule has 2 aromatic heterocycles. The number of fused-ring (bicyclic) bond motifs is 1. The Bertz CT molecular complexity index is 1130. The van der Waals surface area contributed by atoms with E-state index in [1.165, 1.54) is 6.42 Å². The number of hydrogen-bond acceptors (Lipinski definition) is 5. The second-order valence-electron chi connectivity index (χ2n) is 9.27. The molecule has 0 unspecified atom stereocenters. The average molecular weight is 462 g/mol. The minimum Gasteiger partial charge on any atom is -0.370 e. The van der Waals surface area contributed by atoms with Crippen molar-refractivity contribution in [3.05, 3.63) is 60.6 Å². The number of aromatic nitrogens is 3. The molecule has 0 spiro atoms. The first-order valence-electron chi connectivity index (χ1n) is 12.2. The molecule has 5 rings (SSSR count). The third-order valence-electron chi connectivity index (χ3n) is 6.88. The van der Waals surface area contributed by atoms with Crippen LogP contribution in [0.15, 0.2) is 55.0 Å². The van der Waals surface area contributed by atoms with Crippen LogP contribution in [-0.2, 0) is 27.5 Å². The Labute approximate surface area is 199 Å². The number of rotatable bonds is 6. The molecule has 1 saturated carbocycles. The van der Waals surface area contributed by atoms with Crippen molar-refractivity contribution in [2.24, 2.45) is 0 Å². The van der Waals surface area contributed by atoms with Crippen molar-refractivity contribution in [3.63, 3.8) is 0 Å². The van der Waals surface area contributed by atoms with Gasteiger partial charge in [-0.3, -0.25) is 19.3 Å². The lowest BCUT2D eigenvalue weighted by Gasteiger charge is -2.34. The molecule has 0 N–H and O–H groups in total. The first kappa shape index (κ1) is 22.5. The van der Waals surface area contributed by atoms with Gasteiger partial charge in [0.1, 0.15) is 6.54 Å². The Balaban J connectivity index is 1.33. The van der Waals surface area contributed by atoms with Gasteiger partial charge < -0.3 is 14.5 Å². The highest BCUT2D eigenvalue weighted by molar-refractivity contribution is 5.86. The van der Waals surface area contributed by atoms with Crippen molar-refractivity contribution >= 4 is 22.7 Å². The van der Waals surface area contributed by atoms with Crippen molar-refractivity contribution in [3.8, 4) is 0 Å². The zero-order valence-electron chi connectivity index (χ0n) is 19.4. The predicted molar refractivity (Wildman–Crippen MR) is 128 cm³/mol. The van der Waals surface area contributed by atoms with E-state index in [0.717, 1.165) is 42.1 Å². The van der Waals surface area contributed by atoms with Crippen molar-refractivity contribution < 1.29 is 14.3 Å². The Morgan fingerprint density at radius 2 is 1.88 bits per heavy atom. The van der Waals surface area contributed by atoms with Crippen molar-refractivity contribution in [1.29, 1.82) is 0 Å². The molecule has 0 radical (unpaired) electrons. The van der Waals surface area contributed by atoms with Gasteiger partial charge in [0.2, 0.25) is 11.8 Å². The standard InChI is InChI=1S/C26H31N5O3/c32-25(18-31-24-11-5-4-8-21(24)14-28-31)29-15-23(34-19-20-7-6-12-27-13-20)16-30(26(33)17-29)22-9-2-1-3-10-22/h4-8,11-14,22-23H,1-3,9-10,15-19H2/t23-/m0/s1. The first-order chi connectivity index (χ1) is 16.7. The van der Waals surface area contributed by atoms with Crippen LogP contribution in [0.4, 0.5) is 0 Å². The molecule has 0 bridgehead atoms. The molecule has 1 saturated heterocycles. The molecule has 3 heterocycles. The van der Waals surface area contributed by atoms with Crippen LogP contribution in [0, 0.1) is 0 Å². The summed E-state index contributed by atoms with van der Waals surface area (Å²) in [5.41, 5.74) is 1.88. The number of amides is 2. The largest absolute Gasteiger partial charge is 0.370 e. The van der Waals surface area contributed by atoms with E-state index in [4.69, 9.17) is 4.74 Å². The number of nitrogens with zero attached hydrogens (tertiary/aromatic N) is 5. The molecule has 2 aliphatic rings. The lowest BCUT2D eigenvalue weighted by molar-refractivity contribution is -0.140. The van der Waals surface area contributed by atoms with Gasteiger partial charge in [0.25, 0.3) is 0 Å². The Hall–Kier alpha value is -3.26. The highest BCUT2D eigenvalue weighted by atomic mass is 16.5. The van der Waals surface area contributed by atoms with E-state index in [9.17, 15) is 9.59 Å². The van der Waals surface area contributed by atoms with Gasteiger partial charge >= 0.3 is 0 Å². The number of para-hydroxylation sites is 1. The summed E-state index contributed by atoms with van der Waals surface area (Å²) in [6.45, 7) is 1.48. The lowest BCUT2D eigenvalue weighted by atomic mass is 9.94. The Kier molecular flexibility index (Phi) is 6.85. The molecule has 1 atom stereocenters. The van der Waals surface area contributed by atoms with Gasteiger partial charge in [-0.2, -0.15) is 5.10 Å². The van der Waals surface area contributed by atoms with Crippen LogP contribution in [0.25, 0.3) is 10.9 Å². The summed E-state index contributed by atoms with van der Waals surface area (Å²) in [5, 5.41) is 5.38. The molecule has 2 amide bonds. The van der Waals surface area contributed by atoms with Crippen LogP contribution in [0.3, 0.4) is 0 Å². The molecule has 1 aliphatic carbocycles. The predicted octanol–water partition coefficient (Wildman–Crippen LogP) is 3.02. The van der Waals surface area contributed by atoms with E-state index in [-0.39, 0.29) is 37.0 Å². The van der Waals surface area contributed by atoms with Crippen LogP contribution in [0.2, 0.25) is 0 Å². The van der Waals surface area contributed by atoms with E-state index in [1.54, 1.807) is 28.2 Å². The van der Waals surface area contributed by atoms with Crippen LogP contribution in [0.1, 0.15) is 37.7 Å². The van der Waals surface area contributed by atoms with Gasteiger partial charge in [0.15, 0.2) is 0 Å². The fourth-order valence-electron chi connectivity index (χ4n) is 5.06. The molecule has 1 aromatic carbocycles. The number of benzene rings is 1. The zero-order valence-corrected chi connectivity index (χ0v) is 19.4. The summed E-state index contributed by atoms with van der Waals surface area (Å²) in [5.74, 6) is -0.110. The number of ether oxygens (including phenoxy) is 1. The summed E-state index contributed by atoms with van der Waals surface area (Å²) in [6, 6.07) is 11.9. The topological polar surface area (TPSA) is 80.6 Å². The molecular formula is C26H31N5O3. The van der Waals surface area contributed by atoms with E-state index in [0.29, 0.717) is 19.7 Å². The van der Waals surface area contributed by atoms with Gasteiger partial charge in [-0.05, 0) is 30.5 Å². The quantitative estimate of drug-likeness (QED) is 0.564. The fraction of sp³-hybridized carbons (Fsp3) is 0.462. The third kappa shape index (κ3) is 5.12. The summed E-state index contributed by atoms with van der Waals surface area (Å²) < 4.78 is 7.96. The minimum atomic E-state index is -0.258. The van der Waals surface area contributed by atoms with Crippen LogP contribution >= 0.6 is 0 Å². The molecule has 8 nitrogen and oxygen atoms in total. The number of carbonyl (C=O) groups is 2. The van der Waals surface area contributed by atoms with Crippen LogP contribution in [-0.4, -0.2) is 68.2 Å². The second-order valence-corrected chi connectivity index (χ2v) is 9.27. The lowest BCUT2D eigenvalue weighted by Crippen LogP contribution is -2.46. The summed E-state index contributed by atoms with van der Waals surface area (Å²) >= 11 is 0. The van der Waals surface area contributed by atoms with Crippen LogP contribution in [0.5, 0.6) is 0 Å². The van der Waals surface area contributed by atoms with E-state index < -0.39 is 0 Å². The van der Waals surface area contributed by atoms with Crippen molar-refractivity contribution in [2.75, 3.05) is 19.6 Å². The van der Waals surface area contributed by atoms with Gasteiger partial charge in [-0.15, -0.1) is 0 Å². The third-order valence-corrected chi connectivity index (χ3v) is 6.88. The van der Waals surface area contributed by atoms with Gasteiger partial charge in [-0.25, -0.2) is 0 Å². The summed E-state index contributed by atoms with van der Waals surface area (Å²) in [7, 11) is 0. The van der Waals surface area contributed by atoms with Crippen LogP contribution < -0.4 is 0 Å². The van der Waals surface area contributed by atoms with E-state index in [2.05, 4.69) is 10.1 Å². The molecule has 2 fully saturated rings. The first-order valence-corrected chi connectivity index (χ1v) is 12.2. The SMILES string of the molecule is O=C(Cn1ncc2ccccc21)N1CC(=O)N(C2CCCCC2)C[C@@H](OCc2cccnc2)C1. The highest BCUT2D eigenvalue weighted by Crippen LogP contribution is 2.25. The highest BCUT2D eigenvalue weighted by Gasteiger charge is 2.35. The normalized spacial score (nSPS) is 20.0. The smallest absolute Gasteiger partial charge is 0.244 e. The van der Waals surface area contributed by atoms with Crippen molar-refractivity contribution in [2.45, 2.75) is 57.4 Å². The second kappa shape index (κ2) is 10.3. The summed E-state index contributed by atoms with van der Waals surface area (Å²) in [6.07, 6.45) is 10.6. The Morgan fingerprint density at radius 3 is 2.71 bits per heavy atom. The maximum atomic E-state index is 13.3. The maximum absolute atomic E-state index is 13.3. The van der Waals surface area contributed by atoms with Gasteiger partial charge in [-0.1, -0.05) is 43.5 Å². The molecule has 3 aromatic rings. The number of pyridine rings is 1. The number of hydrogen-bond donors (Lipinski definition) is 0. The van der Waals surface area contributed by atoms with E-state index in [1.807, 2.05) is 41.3 Å². The molecule has 8 heteroatoms. The molecule has 34 heavy (non-hydrogen) atoms. The molecule has 178 valence electrons. The minimum absolute atomic E-state index is 0.0121. The molecule has 1 aliphatic heterocycles. The van der Waals surface area contributed by atoms with E-state index >= 15 is 0 Å². The Morgan fingerprint density at radius 1 is 1.03 bits per heavy atom.